The predicted octanol–water partition coefficient (Wildman–Crippen LogP) is 0.765. The Morgan fingerprint density at radius 1 is 1.47 bits per heavy atom. The smallest absolute Gasteiger partial charge is 0.276 e. The third kappa shape index (κ3) is 2.65. The maximum Gasteiger partial charge on any atom is 0.276 e. The molecule has 0 aliphatic heterocycles. The Balaban J connectivity index is 2.16. The lowest BCUT2D eigenvalue weighted by atomic mass is 10.2. The molecule has 0 unspecified atom stereocenters. The minimum absolute atomic E-state index is 0.376. The molecule has 2 aromatic rings. The van der Waals surface area contributed by atoms with Crippen LogP contribution >= 0.6 is 0 Å². The van der Waals surface area contributed by atoms with Gasteiger partial charge in [-0.2, -0.15) is 10.2 Å². The molecular weight excluding hydrogens is 218 g/mol. The minimum atomic E-state index is 0.376. The van der Waals surface area contributed by atoms with Gasteiger partial charge in [0.15, 0.2) is 5.82 Å². The van der Waals surface area contributed by atoms with Gasteiger partial charge in [-0.05, 0) is 19.2 Å². The molecular formula is C11H11N5O. The van der Waals surface area contributed by atoms with Gasteiger partial charge >= 0.3 is 0 Å². The summed E-state index contributed by atoms with van der Waals surface area (Å²) < 4.78 is 5.09. The number of hydrogen-bond acceptors (Lipinski definition) is 6. The van der Waals surface area contributed by atoms with Crippen molar-refractivity contribution in [3.63, 3.8) is 0 Å². The Labute approximate surface area is 98.3 Å². The van der Waals surface area contributed by atoms with Crippen LogP contribution in [0.25, 0.3) is 11.6 Å². The Kier molecular flexibility index (Phi) is 3.43. The fourth-order valence-corrected chi connectivity index (χ4v) is 1.28. The Morgan fingerprint density at radius 2 is 2.35 bits per heavy atom. The molecule has 0 saturated heterocycles. The van der Waals surface area contributed by atoms with Gasteiger partial charge in [-0.25, -0.2) is 4.98 Å². The van der Waals surface area contributed by atoms with Crippen LogP contribution in [0.5, 0.6) is 0 Å². The van der Waals surface area contributed by atoms with E-state index < -0.39 is 0 Å². The molecule has 0 amide bonds. The maximum absolute atomic E-state index is 8.65. The largest absolute Gasteiger partial charge is 0.332 e. The zero-order chi connectivity index (χ0) is 12.1. The van der Waals surface area contributed by atoms with Gasteiger partial charge in [0.1, 0.15) is 11.8 Å². The maximum atomic E-state index is 8.65. The van der Waals surface area contributed by atoms with E-state index in [-0.39, 0.29) is 0 Å². The van der Waals surface area contributed by atoms with Gasteiger partial charge < -0.3 is 9.84 Å². The average Bonchev–Trinajstić information content (AvgIpc) is 2.85. The van der Waals surface area contributed by atoms with Crippen molar-refractivity contribution in [1.82, 2.24) is 20.4 Å². The van der Waals surface area contributed by atoms with Crippen LogP contribution in [0.1, 0.15) is 11.4 Å². The van der Waals surface area contributed by atoms with Gasteiger partial charge in [0, 0.05) is 19.2 Å². The normalized spacial score (nSPS) is 10.1. The van der Waals surface area contributed by atoms with E-state index in [0.29, 0.717) is 29.4 Å². The van der Waals surface area contributed by atoms with Crippen molar-refractivity contribution in [2.45, 2.75) is 6.42 Å². The molecule has 17 heavy (non-hydrogen) atoms. The number of hydrogen-bond donors (Lipinski definition) is 1. The van der Waals surface area contributed by atoms with Crippen LogP contribution in [-0.2, 0) is 6.42 Å². The van der Waals surface area contributed by atoms with Crippen LogP contribution in [0.2, 0.25) is 0 Å². The second-order valence-corrected chi connectivity index (χ2v) is 3.41. The monoisotopic (exact) mass is 229 g/mol. The van der Waals surface area contributed by atoms with E-state index >= 15 is 0 Å². The lowest BCUT2D eigenvalue weighted by molar-refractivity contribution is 0.421. The number of nitrogens with zero attached hydrogens (tertiary/aromatic N) is 4. The van der Waals surface area contributed by atoms with E-state index in [1.807, 2.05) is 13.1 Å². The third-order valence-corrected chi connectivity index (χ3v) is 2.18. The average molecular weight is 229 g/mol. The topological polar surface area (TPSA) is 87.6 Å². The van der Waals surface area contributed by atoms with Gasteiger partial charge in [0.25, 0.3) is 5.89 Å². The van der Waals surface area contributed by atoms with Crippen LogP contribution in [0.4, 0.5) is 0 Å². The van der Waals surface area contributed by atoms with E-state index in [1.54, 1.807) is 12.1 Å². The lowest BCUT2D eigenvalue weighted by Gasteiger charge is -1.92. The standard InChI is InChI=1S/C11H11N5O/c1-13-5-4-10-15-11(17-16-10)9-3-2-8(6-12)7-14-9/h2-3,7,13H,4-5H2,1H3. The van der Waals surface area contributed by atoms with Gasteiger partial charge in [-0.15, -0.1) is 0 Å². The zero-order valence-electron chi connectivity index (χ0n) is 9.34. The molecule has 2 aromatic heterocycles. The molecule has 86 valence electrons. The molecule has 6 nitrogen and oxygen atoms in total. The second-order valence-electron chi connectivity index (χ2n) is 3.41. The number of nitriles is 1. The molecule has 2 rings (SSSR count). The van der Waals surface area contributed by atoms with Crippen LogP contribution in [-0.4, -0.2) is 28.7 Å². The van der Waals surface area contributed by atoms with Gasteiger partial charge in [-0.3, -0.25) is 0 Å². The Morgan fingerprint density at radius 3 is 3.00 bits per heavy atom. The molecule has 0 saturated carbocycles. The Hall–Kier alpha value is -2.26. The number of aromatic nitrogens is 3. The highest BCUT2D eigenvalue weighted by Gasteiger charge is 2.09. The Bertz CT molecular complexity index is 526. The first-order valence-corrected chi connectivity index (χ1v) is 5.17. The molecule has 0 aliphatic rings. The third-order valence-electron chi connectivity index (χ3n) is 2.18. The fraction of sp³-hybridized carbons (Fsp3) is 0.273. The van der Waals surface area contributed by atoms with Crippen molar-refractivity contribution in [2.75, 3.05) is 13.6 Å². The van der Waals surface area contributed by atoms with Crippen LogP contribution in [0.3, 0.4) is 0 Å². The first-order chi connectivity index (χ1) is 8.33. The number of rotatable bonds is 4. The number of pyridine rings is 1. The van der Waals surface area contributed by atoms with Gasteiger partial charge in [-0.1, -0.05) is 5.16 Å². The quantitative estimate of drug-likeness (QED) is 0.832. The van der Waals surface area contributed by atoms with E-state index in [2.05, 4.69) is 20.4 Å². The molecule has 0 spiro atoms. The summed E-state index contributed by atoms with van der Waals surface area (Å²) in [6.07, 6.45) is 2.18. The molecule has 6 heteroatoms. The molecule has 0 aliphatic carbocycles. The zero-order valence-corrected chi connectivity index (χ0v) is 9.34. The van der Waals surface area contributed by atoms with Crippen molar-refractivity contribution in [1.29, 1.82) is 5.26 Å². The summed E-state index contributed by atoms with van der Waals surface area (Å²) in [6, 6.07) is 5.36. The first-order valence-electron chi connectivity index (χ1n) is 5.17. The highest BCUT2D eigenvalue weighted by molar-refractivity contribution is 5.47. The number of nitrogens with one attached hydrogen (secondary N) is 1. The van der Waals surface area contributed by atoms with Crippen molar-refractivity contribution in [3.8, 4) is 17.7 Å². The van der Waals surface area contributed by atoms with Crippen molar-refractivity contribution in [3.05, 3.63) is 29.7 Å². The summed E-state index contributed by atoms with van der Waals surface area (Å²) in [4.78, 5) is 8.29. The molecule has 0 radical (unpaired) electrons. The summed E-state index contributed by atoms with van der Waals surface area (Å²) in [5.74, 6) is 1.01. The second kappa shape index (κ2) is 5.18. The lowest BCUT2D eigenvalue weighted by Crippen LogP contribution is -2.11. The molecule has 0 bridgehead atoms. The van der Waals surface area contributed by atoms with Crippen LogP contribution in [0.15, 0.2) is 22.9 Å². The summed E-state index contributed by atoms with van der Waals surface area (Å²) in [6.45, 7) is 0.791. The highest BCUT2D eigenvalue weighted by Crippen LogP contribution is 2.14. The van der Waals surface area contributed by atoms with E-state index in [0.717, 1.165) is 6.54 Å². The molecule has 2 heterocycles. The van der Waals surface area contributed by atoms with Crippen molar-refractivity contribution in [2.24, 2.45) is 0 Å². The summed E-state index contributed by atoms with van der Waals surface area (Å²) in [5, 5.41) is 15.5. The fourth-order valence-electron chi connectivity index (χ4n) is 1.28. The van der Waals surface area contributed by atoms with Crippen molar-refractivity contribution < 1.29 is 4.52 Å². The molecule has 0 aromatic carbocycles. The summed E-state index contributed by atoms with van der Waals surface area (Å²) in [5.41, 5.74) is 1.08. The van der Waals surface area contributed by atoms with Gasteiger partial charge in [0.2, 0.25) is 0 Å². The highest BCUT2D eigenvalue weighted by atomic mass is 16.5. The summed E-state index contributed by atoms with van der Waals surface area (Å²) in [7, 11) is 1.86. The molecule has 0 fully saturated rings. The van der Waals surface area contributed by atoms with Crippen LogP contribution in [0, 0.1) is 11.3 Å². The SMILES string of the molecule is CNCCc1noc(-c2ccc(C#N)cn2)n1. The van der Waals surface area contributed by atoms with Crippen LogP contribution < -0.4 is 5.32 Å². The summed E-state index contributed by atoms with van der Waals surface area (Å²) >= 11 is 0. The minimum Gasteiger partial charge on any atom is -0.332 e. The predicted molar refractivity (Wildman–Crippen MR) is 59.9 cm³/mol. The van der Waals surface area contributed by atoms with E-state index in [4.69, 9.17) is 9.78 Å². The van der Waals surface area contributed by atoms with Crippen molar-refractivity contribution >= 4 is 0 Å². The van der Waals surface area contributed by atoms with Gasteiger partial charge in [0.05, 0.1) is 5.56 Å². The molecule has 0 atom stereocenters. The number of likely N-dealkylation sites (N-methyl/N-ethyl adjacent to an activating group) is 1. The first kappa shape index (κ1) is 11.2. The van der Waals surface area contributed by atoms with E-state index in [1.165, 1.54) is 6.20 Å². The molecule has 1 N–H and O–H groups in total. The van der Waals surface area contributed by atoms with E-state index in [9.17, 15) is 0 Å².